The van der Waals surface area contributed by atoms with Crippen LogP contribution >= 0.6 is 23.6 Å². The number of carbonyl (C=O) groups is 1. The van der Waals surface area contributed by atoms with Crippen molar-refractivity contribution >= 4 is 39.7 Å². The number of hydrogen-bond acceptors (Lipinski definition) is 5. The first-order chi connectivity index (χ1) is 11.0. The molecule has 0 bridgehead atoms. The number of halogens is 1. The highest BCUT2D eigenvalue weighted by Gasteiger charge is 2.10. The summed E-state index contributed by atoms with van der Waals surface area (Å²) in [5, 5.41) is 7.92. The largest absolute Gasteiger partial charge is 0.494 e. The zero-order valence-corrected chi connectivity index (χ0v) is 14.3. The normalized spacial score (nSPS) is 10.2. The van der Waals surface area contributed by atoms with Gasteiger partial charge in [0.1, 0.15) is 0 Å². The van der Waals surface area contributed by atoms with Crippen molar-refractivity contribution in [1.82, 2.24) is 10.3 Å². The molecule has 0 radical (unpaired) electrons. The molecule has 1 heterocycles. The fourth-order valence-corrected chi connectivity index (χ4v) is 2.83. The fraction of sp³-hybridized carbons (Fsp3) is 0.267. The maximum Gasteiger partial charge on any atom is 0.226 e. The Morgan fingerprint density at radius 3 is 2.91 bits per heavy atom. The molecule has 1 aromatic carbocycles. The number of carbonyl (C=O) groups excluding carboxylic acids is 1. The molecule has 2 N–H and O–H groups in total. The summed E-state index contributed by atoms with van der Waals surface area (Å²) in [4.78, 5) is 15.8. The van der Waals surface area contributed by atoms with Gasteiger partial charge < -0.3 is 15.4 Å². The molecular weight excluding hydrogens is 337 g/mol. The van der Waals surface area contributed by atoms with Crippen molar-refractivity contribution in [1.29, 1.82) is 0 Å². The topological polar surface area (TPSA) is 63.2 Å². The minimum absolute atomic E-state index is 0.140. The highest BCUT2D eigenvalue weighted by Crippen LogP contribution is 2.28. The molecule has 2 rings (SSSR count). The third-order valence-corrected chi connectivity index (χ3v) is 3.86. The molecular formula is C15H16FN3O2S2. The highest BCUT2D eigenvalue weighted by molar-refractivity contribution is 7.80. The Balaban J connectivity index is 2.04. The number of amides is 1. The van der Waals surface area contributed by atoms with Crippen molar-refractivity contribution in [2.24, 2.45) is 0 Å². The number of nitrogens with one attached hydrogen (secondary N) is 2. The second-order valence-electron chi connectivity index (χ2n) is 4.64. The zero-order valence-electron chi connectivity index (χ0n) is 12.7. The van der Waals surface area contributed by atoms with Crippen molar-refractivity contribution in [2.75, 3.05) is 12.4 Å². The van der Waals surface area contributed by atoms with E-state index in [-0.39, 0.29) is 16.8 Å². The second kappa shape index (κ2) is 7.98. The van der Waals surface area contributed by atoms with Gasteiger partial charge in [-0.05, 0) is 36.8 Å². The number of thiocarbonyl (C=S) groups is 1. The Labute approximate surface area is 142 Å². The molecule has 122 valence electrons. The predicted octanol–water partition coefficient (Wildman–Crippen LogP) is 3.57. The molecule has 0 spiro atoms. The van der Waals surface area contributed by atoms with E-state index in [2.05, 4.69) is 15.6 Å². The van der Waals surface area contributed by atoms with E-state index in [1.54, 1.807) is 17.5 Å². The van der Waals surface area contributed by atoms with Crippen LogP contribution in [-0.4, -0.2) is 23.1 Å². The molecule has 0 aliphatic carbocycles. The molecule has 5 nitrogen and oxygen atoms in total. The SMILES string of the molecule is CCCC(=O)NC(=S)Nc1nc(-c2ccc(OC)c(F)c2)cs1. The van der Waals surface area contributed by atoms with E-state index < -0.39 is 5.82 Å². The van der Waals surface area contributed by atoms with Crippen LogP contribution < -0.4 is 15.4 Å². The van der Waals surface area contributed by atoms with Crippen molar-refractivity contribution in [3.05, 3.63) is 29.4 Å². The van der Waals surface area contributed by atoms with E-state index in [0.29, 0.717) is 22.8 Å². The lowest BCUT2D eigenvalue weighted by Crippen LogP contribution is -2.33. The van der Waals surface area contributed by atoms with Crippen molar-refractivity contribution in [2.45, 2.75) is 19.8 Å². The average Bonchev–Trinajstić information content (AvgIpc) is 2.95. The van der Waals surface area contributed by atoms with Crippen molar-refractivity contribution < 1.29 is 13.9 Å². The van der Waals surface area contributed by atoms with Crippen LogP contribution in [0.1, 0.15) is 19.8 Å². The molecule has 0 unspecified atom stereocenters. The number of hydrogen-bond donors (Lipinski definition) is 2. The van der Waals surface area contributed by atoms with Crippen LogP contribution in [-0.2, 0) is 4.79 Å². The van der Waals surface area contributed by atoms with Crippen LogP contribution in [0.25, 0.3) is 11.3 Å². The van der Waals surface area contributed by atoms with E-state index in [0.717, 1.165) is 6.42 Å². The molecule has 0 saturated carbocycles. The summed E-state index contributed by atoms with van der Waals surface area (Å²) in [6.45, 7) is 1.91. The first-order valence-corrected chi connectivity index (χ1v) is 8.22. The minimum Gasteiger partial charge on any atom is -0.494 e. The van der Waals surface area contributed by atoms with E-state index in [1.807, 2.05) is 6.92 Å². The van der Waals surface area contributed by atoms with Gasteiger partial charge in [-0.3, -0.25) is 4.79 Å². The molecule has 0 fully saturated rings. The zero-order chi connectivity index (χ0) is 16.8. The molecule has 0 saturated heterocycles. The first-order valence-electron chi connectivity index (χ1n) is 6.93. The van der Waals surface area contributed by atoms with E-state index in [9.17, 15) is 9.18 Å². The first kappa shape index (κ1) is 17.3. The monoisotopic (exact) mass is 353 g/mol. The summed E-state index contributed by atoms with van der Waals surface area (Å²) in [5.74, 6) is -0.406. The number of nitrogens with zero attached hydrogens (tertiary/aromatic N) is 1. The molecule has 2 aromatic rings. The molecule has 23 heavy (non-hydrogen) atoms. The van der Waals surface area contributed by atoms with Crippen LogP contribution in [0.3, 0.4) is 0 Å². The number of methoxy groups -OCH3 is 1. The number of rotatable bonds is 5. The molecule has 1 aromatic heterocycles. The maximum atomic E-state index is 13.7. The Morgan fingerprint density at radius 2 is 2.26 bits per heavy atom. The van der Waals surface area contributed by atoms with Crippen LogP contribution in [0.5, 0.6) is 5.75 Å². The summed E-state index contributed by atoms with van der Waals surface area (Å²) < 4.78 is 18.6. The molecule has 0 aliphatic rings. The Morgan fingerprint density at radius 1 is 1.48 bits per heavy atom. The number of anilines is 1. The third-order valence-electron chi connectivity index (χ3n) is 2.90. The van der Waals surface area contributed by atoms with Crippen LogP contribution in [0.15, 0.2) is 23.6 Å². The van der Waals surface area contributed by atoms with Gasteiger partial charge in [0.05, 0.1) is 12.8 Å². The summed E-state index contributed by atoms with van der Waals surface area (Å²) in [6.07, 6.45) is 1.16. The lowest BCUT2D eigenvalue weighted by Gasteiger charge is -2.06. The van der Waals surface area contributed by atoms with Crippen LogP contribution in [0.2, 0.25) is 0 Å². The van der Waals surface area contributed by atoms with E-state index in [4.69, 9.17) is 17.0 Å². The fourth-order valence-electron chi connectivity index (χ4n) is 1.83. The van der Waals surface area contributed by atoms with Crippen molar-refractivity contribution in [3.8, 4) is 17.0 Å². The minimum atomic E-state index is -0.449. The number of benzene rings is 1. The standard InChI is InChI=1S/C15H16FN3O2S2/c1-3-4-13(20)18-14(22)19-15-17-11(8-23-15)9-5-6-12(21-2)10(16)7-9/h5-8H,3-4H2,1-2H3,(H2,17,18,19,20,22). The van der Waals surface area contributed by atoms with E-state index in [1.165, 1.54) is 24.5 Å². The summed E-state index contributed by atoms with van der Waals surface area (Å²) in [7, 11) is 1.41. The molecule has 8 heteroatoms. The Kier molecular flexibility index (Phi) is 6.00. The number of thiazole rings is 1. The molecule has 0 atom stereocenters. The van der Waals surface area contributed by atoms with Crippen LogP contribution in [0, 0.1) is 5.82 Å². The van der Waals surface area contributed by atoms with Crippen LogP contribution in [0.4, 0.5) is 9.52 Å². The van der Waals surface area contributed by atoms with Gasteiger partial charge in [0.15, 0.2) is 21.8 Å². The number of aromatic nitrogens is 1. The van der Waals surface area contributed by atoms with Gasteiger partial charge in [-0.1, -0.05) is 6.92 Å². The van der Waals surface area contributed by atoms with Gasteiger partial charge >= 0.3 is 0 Å². The summed E-state index contributed by atoms with van der Waals surface area (Å²) >= 11 is 6.37. The third kappa shape index (κ3) is 4.70. The van der Waals surface area contributed by atoms with Gasteiger partial charge in [-0.2, -0.15) is 0 Å². The van der Waals surface area contributed by atoms with Crippen molar-refractivity contribution in [3.63, 3.8) is 0 Å². The predicted molar refractivity (Wildman–Crippen MR) is 93.3 cm³/mol. The van der Waals surface area contributed by atoms with Gasteiger partial charge in [0.2, 0.25) is 5.91 Å². The van der Waals surface area contributed by atoms with Gasteiger partial charge in [-0.15, -0.1) is 11.3 Å². The second-order valence-corrected chi connectivity index (χ2v) is 5.91. The summed E-state index contributed by atoms with van der Waals surface area (Å²) in [5.41, 5.74) is 1.25. The average molecular weight is 353 g/mol. The maximum absolute atomic E-state index is 13.7. The quantitative estimate of drug-likeness (QED) is 0.805. The highest BCUT2D eigenvalue weighted by atomic mass is 32.1. The Bertz CT molecular complexity index is 718. The van der Waals surface area contributed by atoms with E-state index >= 15 is 0 Å². The van der Waals surface area contributed by atoms with Gasteiger partial charge in [0, 0.05) is 17.4 Å². The number of ether oxygens (including phenoxy) is 1. The molecule has 1 amide bonds. The molecule has 0 aliphatic heterocycles. The smallest absolute Gasteiger partial charge is 0.226 e. The summed E-state index contributed by atoms with van der Waals surface area (Å²) in [6, 6.07) is 4.63. The van der Waals surface area contributed by atoms with Gasteiger partial charge in [0.25, 0.3) is 0 Å². The lowest BCUT2D eigenvalue weighted by molar-refractivity contribution is -0.119. The van der Waals surface area contributed by atoms with Gasteiger partial charge in [-0.25, -0.2) is 9.37 Å². The lowest BCUT2D eigenvalue weighted by atomic mass is 10.1. The Hall–Kier alpha value is -2.06.